The van der Waals surface area contributed by atoms with Gasteiger partial charge in [0, 0.05) is 13.1 Å². The number of rotatable bonds is 5. The van der Waals surface area contributed by atoms with Crippen molar-refractivity contribution in [3.05, 3.63) is 89.0 Å². The number of hydrogen-bond donors (Lipinski definition) is 1. The molecule has 3 aromatic carbocycles. The molecule has 0 bridgehead atoms. The van der Waals surface area contributed by atoms with Crippen LogP contribution in [0.4, 0.5) is 8.78 Å². The molecule has 0 unspecified atom stereocenters. The second-order valence-corrected chi connectivity index (χ2v) is 9.21. The first-order valence-corrected chi connectivity index (χ1v) is 11.1. The zero-order valence-electron chi connectivity index (χ0n) is 16.4. The molecule has 3 aromatic rings. The van der Waals surface area contributed by atoms with Gasteiger partial charge in [0.05, 0.1) is 10.5 Å². The summed E-state index contributed by atoms with van der Waals surface area (Å²) in [6.07, 6.45) is 0.116. The molecular formula is C23H19F2NO4S. The summed E-state index contributed by atoms with van der Waals surface area (Å²) in [5.74, 6) is -1.80. The van der Waals surface area contributed by atoms with Gasteiger partial charge in [0.15, 0.2) is 5.78 Å². The summed E-state index contributed by atoms with van der Waals surface area (Å²) < 4.78 is 55.6. The van der Waals surface area contributed by atoms with Crippen molar-refractivity contribution in [1.82, 2.24) is 4.31 Å². The number of halogens is 2. The lowest BCUT2D eigenvalue weighted by Crippen LogP contribution is -2.36. The Bertz CT molecular complexity index is 1260. The fourth-order valence-electron chi connectivity index (χ4n) is 3.72. The minimum Gasteiger partial charge on any atom is -0.388 e. The Morgan fingerprint density at radius 2 is 1.74 bits per heavy atom. The number of Topliss-reactive ketones (excluding diaryl/α,β-unsaturated/α-hetero) is 1. The van der Waals surface area contributed by atoms with E-state index in [0.29, 0.717) is 22.3 Å². The summed E-state index contributed by atoms with van der Waals surface area (Å²) >= 11 is 0. The largest absolute Gasteiger partial charge is 0.388 e. The van der Waals surface area contributed by atoms with Crippen LogP contribution in [0.25, 0.3) is 11.1 Å². The van der Waals surface area contributed by atoms with E-state index >= 15 is 0 Å². The summed E-state index contributed by atoms with van der Waals surface area (Å²) in [6, 6.07) is 14.9. The van der Waals surface area contributed by atoms with Gasteiger partial charge in [0.25, 0.3) is 0 Å². The van der Waals surface area contributed by atoms with Gasteiger partial charge in [-0.2, -0.15) is 4.31 Å². The van der Waals surface area contributed by atoms with E-state index in [2.05, 4.69) is 0 Å². The Morgan fingerprint density at radius 1 is 1.00 bits per heavy atom. The van der Waals surface area contributed by atoms with Crippen LogP contribution in [0.1, 0.15) is 21.5 Å². The molecule has 0 aliphatic carbocycles. The third-order valence-corrected chi connectivity index (χ3v) is 7.23. The third-order valence-electron chi connectivity index (χ3n) is 5.39. The number of fused-ring (bicyclic) bond motifs is 1. The van der Waals surface area contributed by atoms with Crippen LogP contribution in [0, 0.1) is 11.6 Å². The zero-order chi connectivity index (χ0) is 22.2. The normalized spacial score (nSPS) is 14.3. The van der Waals surface area contributed by atoms with Crippen molar-refractivity contribution in [3.63, 3.8) is 0 Å². The first-order chi connectivity index (χ1) is 14.8. The summed E-state index contributed by atoms with van der Waals surface area (Å²) in [5, 5.41) is 8.99. The number of hydrogen-bond acceptors (Lipinski definition) is 4. The molecule has 0 radical (unpaired) electrons. The Kier molecular flexibility index (Phi) is 5.70. The van der Waals surface area contributed by atoms with Gasteiger partial charge in [-0.1, -0.05) is 30.3 Å². The number of carbonyl (C=O) groups is 1. The number of ketones is 1. The maximum absolute atomic E-state index is 14.7. The van der Waals surface area contributed by atoms with E-state index in [1.165, 1.54) is 40.7 Å². The predicted octanol–water partition coefficient (Wildman–Crippen LogP) is 3.55. The minimum absolute atomic E-state index is 0.0248. The fourth-order valence-corrected chi connectivity index (χ4v) is 5.18. The molecule has 31 heavy (non-hydrogen) atoms. The van der Waals surface area contributed by atoms with E-state index in [-0.39, 0.29) is 35.8 Å². The molecule has 160 valence electrons. The first kappa shape index (κ1) is 21.3. The van der Waals surface area contributed by atoms with E-state index in [4.69, 9.17) is 5.11 Å². The molecule has 0 saturated carbocycles. The number of aliphatic hydroxyl groups is 1. The second kappa shape index (κ2) is 8.30. The molecule has 5 nitrogen and oxygen atoms in total. The molecule has 0 fully saturated rings. The highest BCUT2D eigenvalue weighted by Crippen LogP contribution is 2.30. The molecule has 1 N–H and O–H groups in total. The van der Waals surface area contributed by atoms with Crippen LogP contribution < -0.4 is 0 Å². The lowest BCUT2D eigenvalue weighted by atomic mass is 9.96. The molecule has 1 aliphatic heterocycles. The number of sulfonamides is 1. The Hall–Kier alpha value is -2.94. The van der Waals surface area contributed by atoms with Crippen molar-refractivity contribution in [2.75, 3.05) is 13.2 Å². The first-order valence-electron chi connectivity index (χ1n) is 9.61. The van der Waals surface area contributed by atoms with E-state index in [1.54, 1.807) is 24.3 Å². The highest BCUT2D eigenvalue weighted by molar-refractivity contribution is 7.89. The summed E-state index contributed by atoms with van der Waals surface area (Å²) in [4.78, 5) is 11.8. The molecule has 0 atom stereocenters. The predicted molar refractivity (Wildman–Crippen MR) is 111 cm³/mol. The van der Waals surface area contributed by atoms with Crippen molar-refractivity contribution in [2.45, 2.75) is 17.9 Å². The Morgan fingerprint density at radius 3 is 2.45 bits per heavy atom. The average Bonchev–Trinajstić information content (AvgIpc) is 2.79. The third kappa shape index (κ3) is 4.01. The van der Waals surface area contributed by atoms with Crippen molar-refractivity contribution in [1.29, 1.82) is 0 Å². The van der Waals surface area contributed by atoms with Crippen LogP contribution in [-0.2, 0) is 23.0 Å². The summed E-state index contributed by atoms with van der Waals surface area (Å²) in [6.45, 7) is -0.757. The highest BCUT2D eigenvalue weighted by Gasteiger charge is 2.31. The van der Waals surface area contributed by atoms with Crippen LogP contribution in [0.5, 0.6) is 0 Å². The summed E-state index contributed by atoms with van der Waals surface area (Å²) in [7, 11) is -3.86. The lowest BCUT2D eigenvalue weighted by molar-refractivity contribution is 0.0899. The van der Waals surface area contributed by atoms with Crippen molar-refractivity contribution in [3.8, 4) is 11.1 Å². The Balaban J connectivity index is 1.64. The number of benzene rings is 3. The van der Waals surface area contributed by atoms with Gasteiger partial charge in [-0.05, 0) is 59.0 Å². The summed E-state index contributed by atoms with van der Waals surface area (Å²) in [5.41, 5.74) is 1.91. The molecule has 0 aromatic heterocycles. The maximum atomic E-state index is 14.7. The van der Waals surface area contributed by atoms with Gasteiger partial charge in [0.2, 0.25) is 10.0 Å². The molecule has 0 saturated heterocycles. The number of nitrogens with zero attached hydrogens (tertiary/aromatic N) is 1. The van der Waals surface area contributed by atoms with Gasteiger partial charge in [-0.25, -0.2) is 17.2 Å². The van der Waals surface area contributed by atoms with Crippen molar-refractivity contribution < 1.29 is 27.1 Å². The minimum atomic E-state index is -3.86. The smallest absolute Gasteiger partial charge is 0.243 e. The second-order valence-electron chi connectivity index (χ2n) is 7.27. The van der Waals surface area contributed by atoms with E-state index in [0.717, 1.165) is 0 Å². The average molecular weight is 443 g/mol. The van der Waals surface area contributed by atoms with Gasteiger partial charge < -0.3 is 5.11 Å². The van der Waals surface area contributed by atoms with Crippen molar-refractivity contribution in [2.24, 2.45) is 0 Å². The lowest BCUT2D eigenvalue weighted by Gasteiger charge is -2.29. The zero-order valence-corrected chi connectivity index (χ0v) is 17.2. The molecule has 1 aliphatic rings. The maximum Gasteiger partial charge on any atom is 0.243 e. The molecular weight excluding hydrogens is 424 g/mol. The highest BCUT2D eigenvalue weighted by atomic mass is 32.2. The van der Waals surface area contributed by atoms with E-state index in [9.17, 15) is 22.0 Å². The number of aliphatic hydroxyl groups excluding tert-OH is 1. The monoisotopic (exact) mass is 443 g/mol. The molecule has 8 heteroatoms. The standard InChI is InChI=1S/C23H19F2NO4S/c24-18-7-4-15(5-8-18)16-2-1-3-19(12-16)31(29,30)26-11-10-20-17(13-26)6-9-21(23(20)25)22(28)14-27/h1-9,12,27H,10-11,13-14H2. The molecule has 0 amide bonds. The fraction of sp³-hybridized carbons (Fsp3) is 0.174. The quantitative estimate of drug-likeness (QED) is 0.612. The van der Waals surface area contributed by atoms with Gasteiger partial charge in [-0.15, -0.1) is 0 Å². The van der Waals surface area contributed by atoms with Crippen LogP contribution >= 0.6 is 0 Å². The van der Waals surface area contributed by atoms with Gasteiger partial charge in [0.1, 0.15) is 18.2 Å². The number of carbonyl (C=O) groups excluding carboxylic acids is 1. The Labute approximate surface area is 178 Å². The SMILES string of the molecule is O=C(CO)c1ccc2c(c1F)CCN(S(=O)(=O)c1cccc(-c3ccc(F)cc3)c1)C2. The topological polar surface area (TPSA) is 74.7 Å². The molecule has 0 spiro atoms. The molecule has 1 heterocycles. The van der Waals surface area contributed by atoms with Gasteiger partial charge in [-0.3, -0.25) is 4.79 Å². The van der Waals surface area contributed by atoms with Crippen LogP contribution in [0.2, 0.25) is 0 Å². The van der Waals surface area contributed by atoms with Crippen LogP contribution in [-0.4, -0.2) is 36.8 Å². The molecule has 4 rings (SSSR count). The van der Waals surface area contributed by atoms with Crippen LogP contribution in [0.15, 0.2) is 65.6 Å². The van der Waals surface area contributed by atoms with E-state index < -0.39 is 28.2 Å². The van der Waals surface area contributed by atoms with Crippen molar-refractivity contribution >= 4 is 15.8 Å². The van der Waals surface area contributed by atoms with Gasteiger partial charge >= 0.3 is 0 Å². The van der Waals surface area contributed by atoms with Crippen LogP contribution in [0.3, 0.4) is 0 Å². The van der Waals surface area contributed by atoms with E-state index in [1.807, 2.05) is 0 Å².